The molecule has 0 saturated carbocycles. The van der Waals surface area contributed by atoms with E-state index in [0.29, 0.717) is 13.1 Å². The molecular weight excluding hydrogens is 480 g/mol. The van der Waals surface area contributed by atoms with Crippen molar-refractivity contribution < 1.29 is 4.39 Å². The summed E-state index contributed by atoms with van der Waals surface area (Å²) < 4.78 is 13.2. The Balaban J connectivity index is 0.00000300. The Kier molecular flexibility index (Phi) is 10.2. The van der Waals surface area contributed by atoms with Gasteiger partial charge in [-0.05, 0) is 48.6 Å². The van der Waals surface area contributed by atoms with Gasteiger partial charge in [-0.3, -0.25) is 4.99 Å². The maximum atomic E-state index is 13.2. The average molecular weight is 511 g/mol. The van der Waals surface area contributed by atoms with Gasteiger partial charge in [0.25, 0.3) is 0 Å². The van der Waals surface area contributed by atoms with Crippen molar-refractivity contribution in [1.29, 1.82) is 0 Å². The number of rotatable bonds is 6. The fourth-order valence-electron chi connectivity index (χ4n) is 3.43. The van der Waals surface area contributed by atoms with Gasteiger partial charge in [-0.15, -0.1) is 24.0 Å². The second-order valence-electron chi connectivity index (χ2n) is 7.16. The lowest BCUT2D eigenvalue weighted by Gasteiger charge is -2.21. The molecule has 3 rings (SSSR count). The number of pyridine rings is 1. The van der Waals surface area contributed by atoms with Crippen LogP contribution >= 0.6 is 24.0 Å². The van der Waals surface area contributed by atoms with E-state index in [9.17, 15) is 4.39 Å². The van der Waals surface area contributed by atoms with Gasteiger partial charge in [-0.2, -0.15) is 0 Å². The largest absolute Gasteiger partial charge is 0.357 e. The van der Waals surface area contributed by atoms with Gasteiger partial charge >= 0.3 is 0 Å². The number of anilines is 1. The monoisotopic (exact) mass is 511 g/mol. The standard InChI is InChI=1S/C22H30FN5.HI/c1-24-22(25-12-11-18-7-6-8-20(23)15-18)27-17-19-9-10-21(26-16-19)28-13-4-2-3-5-14-28;/h6-10,15-16H,2-5,11-14,17H2,1H3,(H2,24,25,27);1H. The zero-order valence-electron chi connectivity index (χ0n) is 17.0. The third-order valence-corrected chi connectivity index (χ3v) is 5.02. The molecule has 0 unspecified atom stereocenters. The molecule has 5 nitrogen and oxygen atoms in total. The van der Waals surface area contributed by atoms with Crippen molar-refractivity contribution >= 4 is 35.8 Å². The lowest BCUT2D eigenvalue weighted by molar-refractivity contribution is 0.625. The first-order valence-electron chi connectivity index (χ1n) is 10.1. The summed E-state index contributed by atoms with van der Waals surface area (Å²) in [6.07, 6.45) is 7.83. The molecule has 0 amide bonds. The van der Waals surface area contributed by atoms with Gasteiger partial charge in [0.2, 0.25) is 0 Å². The minimum absolute atomic E-state index is 0. The number of nitrogens with zero attached hydrogens (tertiary/aromatic N) is 3. The molecule has 2 aromatic rings. The van der Waals surface area contributed by atoms with Crippen LogP contribution in [-0.4, -0.2) is 37.6 Å². The predicted molar refractivity (Wildman–Crippen MR) is 129 cm³/mol. The van der Waals surface area contributed by atoms with E-state index in [0.717, 1.165) is 42.4 Å². The van der Waals surface area contributed by atoms with Crippen molar-refractivity contribution in [3.8, 4) is 0 Å². The zero-order chi connectivity index (χ0) is 19.6. The van der Waals surface area contributed by atoms with Crippen LogP contribution < -0.4 is 15.5 Å². The summed E-state index contributed by atoms with van der Waals surface area (Å²) in [5.41, 5.74) is 2.09. The van der Waals surface area contributed by atoms with Crippen molar-refractivity contribution in [1.82, 2.24) is 15.6 Å². The first kappa shape index (κ1) is 23.4. The number of aromatic nitrogens is 1. The van der Waals surface area contributed by atoms with Gasteiger partial charge in [-0.25, -0.2) is 9.37 Å². The summed E-state index contributed by atoms with van der Waals surface area (Å²) in [5, 5.41) is 6.57. The average Bonchev–Trinajstić information content (AvgIpc) is 3.00. The fraction of sp³-hybridized carbons (Fsp3) is 0.455. The van der Waals surface area contributed by atoms with Crippen LogP contribution in [0.25, 0.3) is 0 Å². The van der Waals surface area contributed by atoms with Crippen molar-refractivity contribution in [3.63, 3.8) is 0 Å². The normalized spacial score (nSPS) is 14.7. The quantitative estimate of drug-likeness (QED) is 0.348. The number of guanidine groups is 1. The summed E-state index contributed by atoms with van der Waals surface area (Å²) in [6.45, 7) is 3.56. The summed E-state index contributed by atoms with van der Waals surface area (Å²) in [4.78, 5) is 11.3. The third kappa shape index (κ3) is 7.79. The fourth-order valence-corrected chi connectivity index (χ4v) is 3.43. The molecular formula is C22H31FIN5. The van der Waals surface area contributed by atoms with Crippen LogP contribution in [0.1, 0.15) is 36.8 Å². The van der Waals surface area contributed by atoms with E-state index < -0.39 is 0 Å². The molecule has 158 valence electrons. The molecule has 2 heterocycles. The topological polar surface area (TPSA) is 52.6 Å². The van der Waals surface area contributed by atoms with Crippen LogP contribution in [0.5, 0.6) is 0 Å². The Bertz CT molecular complexity index is 758. The first-order chi connectivity index (χ1) is 13.7. The van der Waals surface area contributed by atoms with E-state index in [-0.39, 0.29) is 29.8 Å². The summed E-state index contributed by atoms with van der Waals surface area (Å²) in [6, 6.07) is 10.9. The highest BCUT2D eigenvalue weighted by Gasteiger charge is 2.10. The van der Waals surface area contributed by atoms with Crippen molar-refractivity contribution in [3.05, 3.63) is 59.5 Å². The highest BCUT2D eigenvalue weighted by atomic mass is 127. The number of hydrogen-bond acceptors (Lipinski definition) is 3. The summed E-state index contributed by atoms with van der Waals surface area (Å²) in [7, 11) is 1.75. The molecule has 29 heavy (non-hydrogen) atoms. The van der Waals surface area contributed by atoms with Crippen LogP contribution in [0.4, 0.5) is 10.2 Å². The van der Waals surface area contributed by atoms with Crippen molar-refractivity contribution in [2.45, 2.75) is 38.6 Å². The van der Waals surface area contributed by atoms with Gasteiger partial charge < -0.3 is 15.5 Å². The molecule has 1 aromatic heterocycles. The first-order valence-corrected chi connectivity index (χ1v) is 10.1. The van der Waals surface area contributed by atoms with Crippen LogP contribution in [0, 0.1) is 5.82 Å². The number of halogens is 2. The number of hydrogen-bond donors (Lipinski definition) is 2. The SMILES string of the molecule is CN=C(NCCc1cccc(F)c1)NCc1ccc(N2CCCCCC2)nc1.I. The van der Waals surface area contributed by atoms with Crippen LogP contribution in [0.15, 0.2) is 47.6 Å². The molecule has 1 aliphatic heterocycles. The van der Waals surface area contributed by atoms with Gasteiger partial charge in [0, 0.05) is 39.4 Å². The molecule has 0 atom stereocenters. The van der Waals surface area contributed by atoms with E-state index in [1.165, 1.54) is 31.7 Å². The molecule has 1 aliphatic rings. The van der Waals surface area contributed by atoms with Crippen LogP contribution in [-0.2, 0) is 13.0 Å². The highest BCUT2D eigenvalue weighted by molar-refractivity contribution is 14.0. The highest BCUT2D eigenvalue weighted by Crippen LogP contribution is 2.17. The summed E-state index contributed by atoms with van der Waals surface area (Å²) >= 11 is 0. The Morgan fingerprint density at radius 1 is 1.07 bits per heavy atom. The second-order valence-corrected chi connectivity index (χ2v) is 7.16. The Morgan fingerprint density at radius 2 is 1.86 bits per heavy atom. The molecule has 1 fully saturated rings. The van der Waals surface area contributed by atoms with E-state index in [2.05, 4.69) is 37.6 Å². The molecule has 0 aliphatic carbocycles. The zero-order valence-corrected chi connectivity index (χ0v) is 19.4. The molecule has 0 radical (unpaired) electrons. The Hall–Kier alpha value is -1.90. The number of aliphatic imine (C=N–C) groups is 1. The Morgan fingerprint density at radius 3 is 2.52 bits per heavy atom. The maximum absolute atomic E-state index is 13.2. The number of nitrogens with one attached hydrogen (secondary N) is 2. The molecule has 1 saturated heterocycles. The van der Waals surface area contributed by atoms with Gasteiger partial charge in [0.05, 0.1) is 0 Å². The molecule has 0 bridgehead atoms. The minimum Gasteiger partial charge on any atom is -0.357 e. The Labute approximate surface area is 190 Å². The van der Waals surface area contributed by atoms with E-state index >= 15 is 0 Å². The second kappa shape index (κ2) is 12.6. The number of benzene rings is 1. The van der Waals surface area contributed by atoms with E-state index in [1.807, 2.05) is 12.3 Å². The minimum atomic E-state index is -0.198. The van der Waals surface area contributed by atoms with Gasteiger partial charge in [0.15, 0.2) is 5.96 Å². The lowest BCUT2D eigenvalue weighted by Crippen LogP contribution is -2.37. The lowest BCUT2D eigenvalue weighted by atomic mass is 10.1. The van der Waals surface area contributed by atoms with Crippen LogP contribution in [0.3, 0.4) is 0 Å². The van der Waals surface area contributed by atoms with Crippen molar-refractivity contribution in [2.75, 3.05) is 31.6 Å². The maximum Gasteiger partial charge on any atom is 0.191 e. The van der Waals surface area contributed by atoms with Crippen LogP contribution in [0.2, 0.25) is 0 Å². The molecule has 7 heteroatoms. The molecule has 1 aromatic carbocycles. The predicted octanol–water partition coefficient (Wildman–Crippen LogP) is 4.13. The third-order valence-electron chi connectivity index (χ3n) is 5.02. The summed E-state index contributed by atoms with van der Waals surface area (Å²) in [5.74, 6) is 1.60. The molecule has 0 spiro atoms. The van der Waals surface area contributed by atoms with Gasteiger partial charge in [0.1, 0.15) is 11.6 Å². The molecule has 2 N–H and O–H groups in total. The van der Waals surface area contributed by atoms with E-state index in [4.69, 9.17) is 0 Å². The van der Waals surface area contributed by atoms with E-state index in [1.54, 1.807) is 19.2 Å². The smallest absolute Gasteiger partial charge is 0.191 e. The van der Waals surface area contributed by atoms with Crippen molar-refractivity contribution in [2.24, 2.45) is 4.99 Å². The van der Waals surface area contributed by atoms with Gasteiger partial charge in [-0.1, -0.05) is 31.0 Å².